The van der Waals surface area contributed by atoms with Gasteiger partial charge in [0.05, 0.1) is 5.39 Å². The van der Waals surface area contributed by atoms with Crippen molar-refractivity contribution in [2.24, 2.45) is 0 Å². The molecular weight excluding hydrogens is 156 g/mol. The molecule has 1 aromatic carbocycles. The molecule has 0 aliphatic carbocycles. The zero-order chi connectivity index (χ0) is 8.72. The number of aryl methyl sites for hydroxylation is 1. The summed E-state index contributed by atoms with van der Waals surface area (Å²) >= 11 is 0. The molecule has 0 saturated carbocycles. The maximum atomic E-state index is 9.28. The second-order valence-corrected chi connectivity index (χ2v) is 2.71. The van der Waals surface area contributed by atoms with Crippen molar-refractivity contribution in [2.75, 3.05) is 0 Å². The second-order valence-electron chi connectivity index (χ2n) is 2.71. The van der Waals surface area contributed by atoms with Crippen LogP contribution in [0.2, 0.25) is 0 Å². The fourth-order valence-electron chi connectivity index (χ4n) is 1.21. The number of aromatic hydroxyl groups is 2. The van der Waals surface area contributed by atoms with Gasteiger partial charge in [-0.3, -0.25) is 0 Å². The van der Waals surface area contributed by atoms with Gasteiger partial charge in [0.1, 0.15) is 17.6 Å². The molecule has 12 heavy (non-hydrogen) atoms. The first-order chi connectivity index (χ1) is 5.70. The highest BCUT2D eigenvalue weighted by atomic mass is 16.4. The average molecular weight is 164 g/mol. The normalized spacial score (nSPS) is 10.8. The van der Waals surface area contributed by atoms with Gasteiger partial charge in [-0.05, 0) is 19.1 Å². The minimum absolute atomic E-state index is 0.105. The molecule has 0 aliphatic heterocycles. The van der Waals surface area contributed by atoms with Gasteiger partial charge in [-0.15, -0.1) is 0 Å². The monoisotopic (exact) mass is 164 g/mol. The minimum atomic E-state index is 0.105. The molecule has 0 amide bonds. The lowest BCUT2D eigenvalue weighted by molar-refractivity contribution is 0.462. The second kappa shape index (κ2) is 2.17. The van der Waals surface area contributed by atoms with Crippen LogP contribution in [0.3, 0.4) is 0 Å². The summed E-state index contributed by atoms with van der Waals surface area (Å²) in [5.41, 5.74) is 1.18. The first-order valence-corrected chi connectivity index (χ1v) is 3.59. The SMILES string of the molecule is Cc1c(O)ccc2c(O)coc12. The number of phenols is 1. The smallest absolute Gasteiger partial charge is 0.161 e. The van der Waals surface area contributed by atoms with E-state index < -0.39 is 0 Å². The van der Waals surface area contributed by atoms with Gasteiger partial charge < -0.3 is 14.6 Å². The third kappa shape index (κ3) is 0.763. The number of hydrogen-bond donors (Lipinski definition) is 2. The Morgan fingerprint density at radius 2 is 1.92 bits per heavy atom. The molecule has 1 aromatic heterocycles. The third-order valence-electron chi connectivity index (χ3n) is 1.94. The molecule has 0 radical (unpaired) electrons. The molecular formula is C9H8O3. The molecule has 1 heterocycles. The molecule has 0 atom stereocenters. The fraction of sp³-hybridized carbons (Fsp3) is 0.111. The van der Waals surface area contributed by atoms with Crippen LogP contribution in [0.25, 0.3) is 11.0 Å². The zero-order valence-electron chi connectivity index (χ0n) is 6.53. The molecule has 3 nitrogen and oxygen atoms in total. The van der Waals surface area contributed by atoms with E-state index in [0.717, 1.165) is 0 Å². The first-order valence-electron chi connectivity index (χ1n) is 3.59. The Bertz CT molecular complexity index is 429. The van der Waals surface area contributed by atoms with Gasteiger partial charge in [0.25, 0.3) is 0 Å². The van der Waals surface area contributed by atoms with Crippen LogP contribution in [0.1, 0.15) is 5.56 Å². The number of fused-ring (bicyclic) bond motifs is 1. The Morgan fingerprint density at radius 3 is 2.67 bits per heavy atom. The lowest BCUT2D eigenvalue weighted by Gasteiger charge is -1.97. The molecule has 0 unspecified atom stereocenters. The largest absolute Gasteiger partial charge is 0.508 e. The summed E-state index contributed by atoms with van der Waals surface area (Å²) < 4.78 is 5.05. The van der Waals surface area contributed by atoms with Crippen LogP contribution in [-0.4, -0.2) is 10.2 Å². The molecule has 2 aromatic rings. The Morgan fingerprint density at radius 1 is 1.17 bits per heavy atom. The van der Waals surface area contributed by atoms with Crippen molar-refractivity contribution in [1.29, 1.82) is 0 Å². The molecule has 0 fully saturated rings. The van der Waals surface area contributed by atoms with Crippen molar-refractivity contribution in [3.8, 4) is 11.5 Å². The van der Waals surface area contributed by atoms with Crippen molar-refractivity contribution < 1.29 is 14.6 Å². The van der Waals surface area contributed by atoms with E-state index in [-0.39, 0.29) is 11.5 Å². The molecule has 0 aliphatic rings. The van der Waals surface area contributed by atoms with Gasteiger partial charge in [-0.2, -0.15) is 0 Å². The van der Waals surface area contributed by atoms with Gasteiger partial charge in [-0.25, -0.2) is 0 Å². The van der Waals surface area contributed by atoms with E-state index in [2.05, 4.69) is 0 Å². The molecule has 2 N–H and O–H groups in total. The van der Waals surface area contributed by atoms with Crippen molar-refractivity contribution in [1.82, 2.24) is 0 Å². The number of rotatable bonds is 0. The summed E-state index contributed by atoms with van der Waals surface area (Å²) in [6, 6.07) is 3.16. The molecule has 3 heteroatoms. The molecule has 62 valence electrons. The van der Waals surface area contributed by atoms with Crippen LogP contribution in [0, 0.1) is 6.92 Å². The van der Waals surface area contributed by atoms with E-state index in [1.807, 2.05) is 0 Å². The highest BCUT2D eigenvalue weighted by Crippen LogP contribution is 2.32. The number of hydrogen-bond acceptors (Lipinski definition) is 3. The van der Waals surface area contributed by atoms with Crippen molar-refractivity contribution in [3.63, 3.8) is 0 Å². The number of phenolic OH excluding ortho intramolecular Hbond substituents is 1. The summed E-state index contributed by atoms with van der Waals surface area (Å²) in [6.07, 6.45) is 1.26. The Labute approximate surface area is 68.9 Å². The Balaban J connectivity index is 2.93. The third-order valence-corrected chi connectivity index (χ3v) is 1.94. The van der Waals surface area contributed by atoms with Gasteiger partial charge >= 0.3 is 0 Å². The minimum Gasteiger partial charge on any atom is -0.508 e. The van der Waals surface area contributed by atoms with Crippen LogP contribution in [-0.2, 0) is 0 Å². The van der Waals surface area contributed by atoms with E-state index in [1.54, 1.807) is 13.0 Å². The van der Waals surface area contributed by atoms with Crippen LogP contribution in [0.4, 0.5) is 0 Å². The lowest BCUT2D eigenvalue weighted by Crippen LogP contribution is -1.74. The predicted molar refractivity (Wildman–Crippen MR) is 44.3 cm³/mol. The maximum Gasteiger partial charge on any atom is 0.161 e. The van der Waals surface area contributed by atoms with Gasteiger partial charge in [-0.1, -0.05) is 0 Å². The van der Waals surface area contributed by atoms with Crippen LogP contribution < -0.4 is 0 Å². The van der Waals surface area contributed by atoms with Crippen LogP contribution in [0.15, 0.2) is 22.8 Å². The van der Waals surface area contributed by atoms with Gasteiger partial charge in [0, 0.05) is 5.56 Å². The Kier molecular flexibility index (Phi) is 1.27. The summed E-state index contributed by atoms with van der Waals surface area (Å²) in [7, 11) is 0. The molecule has 0 bridgehead atoms. The lowest BCUT2D eigenvalue weighted by atomic mass is 10.1. The summed E-state index contributed by atoms with van der Waals surface area (Å²) in [5.74, 6) is 0.282. The maximum absolute atomic E-state index is 9.28. The topological polar surface area (TPSA) is 53.6 Å². The zero-order valence-corrected chi connectivity index (χ0v) is 6.53. The van der Waals surface area contributed by atoms with E-state index in [0.29, 0.717) is 16.5 Å². The van der Waals surface area contributed by atoms with E-state index in [4.69, 9.17) is 4.42 Å². The van der Waals surface area contributed by atoms with Crippen molar-refractivity contribution in [3.05, 3.63) is 24.0 Å². The highest BCUT2D eigenvalue weighted by Gasteiger charge is 2.08. The molecule has 0 saturated heterocycles. The van der Waals surface area contributed by atoms with E-state index in [9.17, 15) is 10.2 Å². The number of benzene rings is 1. The van der Waals surface area contributed by atoms with Gasteiger partial charge in [0.2, 0.25) is 0 Å². The fourth-order valence-corrected chi connectivity index (χ4v) is 1.21. The van der Waals surface area contributed by atoms with E-state index in [1.165, 1.54) is 12.3 Å². The first kappa shape index (κ1) is 7.03. The molecule has 2 rings (SSSR count). The van der Waals surface area contributed by atoms with Crippen LogP contribution in [0.5, 0.6) is 11.5 Å². The van der Waals surface area contributed by atoms with Gasteiger partial charge in [0.15, 0.2) is 5.75 Å². The highest BCUT2D eigenvalue weighted by molar-refractivity contribution is 5.87. The van der Waals surface area contributed by atoms with Crippen LogP contribution >= 0.6 is 0 Å². The standard InChI is InChI=1S/C9H8O3/c1-5-7(10)3-2-6-8(11)4-12-9(5)6/h2-4,10-11H,1H3. The summed E-state index contributed by atoms with van der Waals surface area (Å²) in [5, 5.41) is 19.2. The predicted octanol–water partition coefficient (Wildman–Crippen LogP) is 2.15. The molecule has 0 spiro atoms. The summed E-state index contributed by atoms with van der Waals surface area (Å²) in [6.45, 7) is 1.74. The van der Waals surface area contributed by atoms with Crippen molar-refractivity contribution >= 4 is 11.0 Å². The van der Waals surface area contributed by atoms with Crippen molar-refractivity contribution in [2.45, 2.75) is 6.92 Å². The quantitative estimate of drug-likeness (QED) is 0.627. The van der Waals surface area contributed by atoms with E-state index >= 15 is 0 Å². The summed E-state index contributed by atoms with van der Waals surface area (Å²) in [4.78, 5) is 0. The number of furan rings is 1. The Hall–Kier alpha value is -1.64. The average Bonchev–Trinajstić information content (AvgIpc) is 2.41.